The highest BCUT2D eigenvalue weighted by atomic mass is 16.5. The van der Waals surface area contributed by atoms with Gasteiger partial charge in [0.1, 0.15) is 5.75 Å². The predicted molar refractivity (Wildman–Crippen MR) is 89.3 cm³/mol. The molecule has 0 radical (unpaired) electrons. The average Bonchev–Trinajstić information content (AvgIpc) is 2.55. The smallest absolute Gasteiger partial charge is 0.305 e. The molecule has 0 aromatic heterocycles. The van der Waals surface area contributed by atoms with E-state index in [0.29, 0.717) is 38.2 Å². The Hall–Kier alpha value is -2.08. The number of carboxylic acid groups (broad SMARTS) is 1. The summed E-state index contributed by atoms with van der Waals surface area (Å²) in [5.74, 6) is -0.457. The lowest BCUT2D eigenvalue weighted by Crippen LogP contribution is -2.53. The molecule has 2 N–H and O–H groups in total. The molecule has 1 aromatic rings. The third-order valence-corrected chi connectivity index (χ3v) is 4.20. The molecule has 0 atom stereocenters. The molecular formula is C18H25NO5. The maximum Gasteiger partial charge on any atom is 0.305 e. The van der Waals surface area contributed by atoms with Crippen LogP contribution in [-0.4, -0.2) is 42.3 Å². The van der Waals surface area contributed by atoms with Gasteiger partial charge in [0.2, 0.25) is 0 Å². The average molecular weight is 335 g/mol. The highest BCUT2D eigenvalue weighted by molar-refractivity contribution is 5.95. The molecule has 1 fully saturated rings. The minimum Gasteiger partial charge on any atom is -0.494 e. The third-order valence-electron chi connectivity index (χ3n) is 4.20. The normalized spacial score (nSPS) is 16.4. The number of amides is 1. The first-order chi connectivity index (χ1) is 11.5. The second kappa shape index (κ2) is 8.68. The zero-order valence-electron chi connectivity index (χ0n) is 14.0. The number of carboxylic acids is 1. The fourth-order valence-corrected chi connectivity index (χ4v) is 2.75. The number of carbonyl (C=O) groups excluding carboxylic acids is 1. The van der Waals surface area contributed by atoms with Crippen LogP contribution in [0.25, 0.3) is 0 Å². The van der Waals surface area contributed by atoms with Crippen molar-refractivity contribution in [2.75, 3.05) is 19.8 Å². The lowest BCUT2D eigenvalue weighted by Gasteiger charge is -2.36. The second-order valence-electron chi connectivity index (χ2n) is 6.14. The van der Waals surface area contributed by atoms with Gasteiger partial charge in [-0.05, 0) is 43.5 Å². The van der Waals surface area contributed by atoms with Crippen LogP contribution in [0.3, 0.4) is 0 Å². The van der Waals surface area contributed by atoms with Gasteiger partial charge in [0.25, 0.3) is 5.91 Å². The van der Waals surface area contributed by atoms with Crippen LogP contribution in [-0.2, 0) is 9.53 Å². The molecule has 0 aliphatic carbocycles. The van der Waals surface area contributed by atoms with Gasteiger partial charge in [0.05, 0.1) is 18.6 Å². The van der Waals surface area contributed by atoms with Crippen LogP contribution in [0.15, 0.2) is 24.3 Å². The number of benzene rings is 1. The zero-order chi connectivity index (χ0) is 17.4. The Morgan fingerprint density at radius 3 is 2.50 bits per heavy atom. The van der Waals surface area contributed by atoms with Gasteiger partial charge in [-0.3, -0.25) is 9.59 Å². The van der Waals surface area contributed by atoms with E-state index >= 15 is 0 Å². The van der Waals surface area contributed by atoms with Gasteiger partial charge in [-0.1, -0.05) is 13.3 Å². The van der Waals surface area contributed by atoms with Crippen molar-refractivity contribution >= 4 is 11.9 Å². The van der Waals surface area contributed by atoms with E-state index in [2.05, 4.69) is 12.2 Å². The first kappa shape index (κ1) is 18.3. The number of nitrogens with one attached hydrogen (secondary N) is 1. The highest BCUT2D eigenvalue weighted by Crippen LogP contribution is 2.25. The molecule has 24 heavy (non-hydrogen) atoms. The summed E-state index contributed by atoms with van der Waals surface area (Å²) < 4.78 is 10.9. The number of hydrogen-bond acceptors (Lipinski definition) is 4. The fraction of sp³-hybridized carbons (Fsp3) is 0.556. The standard InChI is InChI=1S/C18H25NO5/c1-2-3-10-24-15-6-4-14(5-7-15)17(22)19-18(13-16(20)21)8-11-23-12-9-18/h4-7H,2-3,8-13H2,1H3,(H,19,22)(H,20,21). The van der Waals surface area contributed by atoms with E-state index in [0.717, 1.165) is 18.6 Å². The molecule has 0 bridgehead atoms. The lowest BCUT2D eigenvalue weighted by atomic mass is 9.86. The Morgan fingerprint density at radius 1 is 1.25 bits per heavy atom. The van der Waals surface area contributed by atoms with Crippen LogP contribution in [0.2, 0.25) is 0 Å². The lowest BCUT2D eigenvalue weighted by molar-refractivity contribution is -0.139. The van der Waals surface area contributed by atoms with Crippen LogP contribution in [0.5, 0.6) is 5.75 Å². The van der Waals surface area contributed by atoms with Crippen LogP contribution in [0.4, 0.5) is 0 Å². The topological polar surface area (TPSA) is 84.9 Å². The van der Waals surface area contributed by atoms with Crippen molar-refractivity contribution in [3.8, 4) is 5.75 Å². The minimum absolute atomic E-state index is 0.0969. The molecular weight excluding hydrogens is 310 g/mol. The summed E-state index contributed by atoms with van der Waals surface area (Å²) in [6, 6.07) is 6.92. The number of hydrogen-bond donors (Lipinski definition) is 2. The van der Waals surface area contributed by atoms with E-state index in [4.69, 9.17) is 14.6 Å². The van der Waals surface area contributed by atoms with Crippen LogP contribution in [0, 0.1) is 0 Å². The van der Waals surface area contributed by atoms with Crippen molar-refractivity contribution in [1.29, 1.82) is 0 Å². The molecule has 1 heterocycles. The van der Waals surface area contributed by atoms with Crippen molar-refractivity contribution < 1.29 is 24.2 Å². The SMILES string of the molecule is CCCCOc1ccc(C(=O)NC2(CC(=O)O)CCOCC2)cc1. The largest absolute Gasteiger partial charge is 0.494 e. The molecule has 0 saturated carbocycles. The molecule has 2 rings (SSSR count). The number of aliphatic carboxylic acids is 1. The van der Waals surface area contributed by atoms with Gasteiger partial charge >= 0.3 is 5.97 Å². The van der Waals surface area contributed by atoms with Crippen molar-refractivity contribution in [3.63, 3.8) is 0 Å². The zero-order valence-corrected chi connectivity index (χ0v) is 14.0. The van der Waals surface area contributed by atoms with Gasteiger partial charge < -0.3 is 19.9 Å². The fourth-order valence-electron chi connectivity index (χ4n) is 2.75. The minimum atomic E-state index is -0.920. The Morgan fingerprint density at radius 2 is 1.92 bits per heavy atom. The molecule has 0 spiro atoms. The number of unbranched alkanes of at least 4 members (excludes halogenated alkanes) is 1. The monoisotopic (exact) mass is 335 g/mol. The van der Waals surface area contributed by atoms with E-state index in [1.165, 1.54) is 0 Å². The van der Waals surface area contributed by atoms with Gasteiger partial charge in [0, 0.05) is 18.8 Å². The molecule has 1 aliphatic rings. The van der Waals surface area contributed by atoms with Crippen LogP contribution < -0.4 is 10.1 Å². The Balaban J connectivity index is 2.00. The summed E-state index contributed by atoms with van der Waals surface area (Å²) in [7, 11) is 0. The molecule has 132 valence electrons. The van der Waals surface area contributed by atoms with Gasteiger partial charge in [-0.15, -0.1) is 0 Å². The molecule has 6 nitrogen and oxygen atoms in total. The van der Waals surface area contributed by atoms with Crippen LogP contribution >= 0.6 is 0 Å². The first-order valence-electron chi connectivity index (χ1n) is 8.39. The second-order valence-corrected chi connectivity index (χ2v) is 6.14. The molecule has 1 saturated heterocycles. The Bertz CT molecular complexity index is 549. The van der Waals surface area contributed by atoms with Gasteiger partial charge in [-0.25, -0.2) is 0 Å². The molecule has 1 amide bonds. The Labute approximate surface area is 142 Å². The number of ether oxygens (including phenoxy) is 2. The van der Waals surface area contributed by atoms with E-state index in [1.54, 1.807) is 24.3 Å². The molecule has 0 unspecified atom stereocenters. The van der Waals surface area contributed by atoms with E-state index in [1.807, 2.05) is 0 Å². The maximum absolute atomic E-state index is 12.5. The van der Waals surface area contributed by atoms with E-state index in [9.17, 15) is 9.59 Å². The van der Waals surface area contributed by atoms with Crippen molar-refractivity contribution in [2.24, 2.45) is 0 Å². The van der Waals surface area contributed by atoms with Gasteiger partial charge in [-0.2, -0.15) is 0 Å². The third kappa shape index (κ3) is 5.23. The van der Waals surface area contributed by atoms with E-state index in [-0.39, 0.29) is 12.3 Å². The summed E-state index contributed by atoms with van der Waals surface area (Å²) >= 11 is 0. The van der Waals surface area contributed by atoms with Crippen molar-refractivity contribution in [1.82, 2.24) is 5.32 Å². The molecule has 1 aromatic carbocycles. The van der Waals surface area contributed by atoms with Crippen molar-refractivity contribution in [3.05, 3.63) is 29.8 Å². The van der Waals surface area contributed by atoms with Crippen molar-refractivity contribution in [2.45, 2.75) is 44.6 Å². The van der Waals surface area contributed by atoms with E-state index < -0.39 is 11.5 Å². The Kier molecular flexibility index (Phi) is 6.61. The predicted octanol–water partition coefficient (Wildman–Crippen LogP) is 2.62. The highest BCUT2D eigenvalue weighted by Gasteiger charge is 2.36. The maximum atomic E-state index is 12.5. The molecule has 6 heteroatoms. The summed E-state index contributed by atoms with van der Waals surface area (Å²) in [5.41, 5.74) is -0.244. The summed E-state index contributed by atoms with van der Waals surface area (Å²) in [6.07, 6.45) is 2.96. The van der Waals surface area contributed by atoms with Crippen LogP contribution in [0.1, 0.15) is 49.4 Å². The molecule has 1 aliphatic heterocycles. The summed E-state index contributed by atoms with van der Waals surface area (Å²) in [4.78, 5) is 23.6. The quantitative estimate of drug-likeness (QED) is 0.713. The number of carbonyl (C=O) groups is 2. The summed E-state index contributed by atoms with van der Waals surface area (Å²) in [5, 5.41) is 12.1. The first-order valence-corrected chi connectivity index (χ1v) is 8.39. The summed E-state index contributed by atoms with van der Waals surface area (Å²) in [6.45, 7) is 3.67. The number of rotatable bonds is 8. The van der Waals surface area contributed by atoms with Gasteiger partial charge in [0.15, 0.2) is 0 Å².